The summed E-state index contributed by atoms with van der Waals surface area (Å²) >= 11 is 0. The molecule has 3 atom stereocenters. The van der Waals surface area contributed by atoms with Gasteiger partial charge >= 0.3 is 6.09 Å². The number of nitrogens with zero attached hydrogens (tertiary/aromatic N) is 2. The number of hydrogen-bond donors (Lipinski definition) is 5. The maximum Gasteiger partial charge on any atom is 0.408 e. The Balaban J connectivity index is 1.42. The van der Waals surface area contributed by atoms with Crippen molar-refractivity contribution < 1.29 is 29.0 Å². The average Bonchev–Trinajstić information content (AvgIpc) is 3.69. The lowest BCUT2D eigenvalue weighted by atomic mass is 9.98. The van der Waals surface area contributed by atoms with E-state index >= 15 is 0 Å². The number of aromatic amines is 1. The number of carbonyl (C=O) groups is 4. The number of hydrogen-bond acceptors (Lipinski definition) is 7. The highest BCUT2D eigenvalue weighted by Crippen LogP contribution is 2.20. The fourth-order valence-corrected chi connectivity index (χ4v) is 5.85. The van der Waals surface area contributed by atoms with E-state index in [1.807, 2.05) is 105 Å². The van der Waals surface area contributed by atoms with Crippen LogP contribution in [0.15, 0.2) is 116 Å². The van der Waals surface area contributed by atoms with Crippen LogP contribution < -0.4 is 16.1 Å². The highest BCUT2D eigenvalue weighted by molar-refractivity contribution is 5.93. The number of nitrogens with one attached hydrogen (secondary N) is 4. The number of H-pyrrole nitrogens is 1. The first-order chi connectivity index (χ1) is 25.7. The Bertz CT molecular complexity index is 1930. The Morgan fingerprint density at radius 3 is 2.15 bits per heavy atom. The maximum absolute atomic E-state index is 14.4. The molecule has 0 aliphatic rings. The summed E-state index contributed by atoms with van der Waals surface area (Å²) in [5.74, 6) is -1.76. The molecule has 1 aromatic heterocycles. The number of rotatable bonds is 16. The molecular formula is C41H46N6O6. The number of hydrazine groups is 1. The molecule has 0 saturated heterocycles. The molecule has 0 aliphatic carbocycles. The van der Waals surface area contributed by atoms with Gasteiger partial charge in [-0.3, -0.25) is 19.8 Å². The van der Waals surface area contributed by atoms with Gasteiger partial charge in [0.25, 0.3) is 11.8 Å². The van der Waals surface area contributed by atoms with E-state index in [1.54, 1.807) is 12.1 Å². The van der Waals surface area contributed by atoms with Gasteiger partial charge in [0.15, 0.2) is 0 Å². The number of ether oxygens (including phenoxy) is 1. The molecule has 0 radical (unpaired) electrons. The van der Waals surface area contributed by atoms with Crippen LogP contribution in [-0.4, -0.2) is 62.1 Å². The van der Waals surface area contributed by atoms with Crippen LogP contribution in [0.3, 0.4) is 0 Å². The van der Waals surface area contributed by atoms with E-state index in [9.17, 15) is 24.3 Å². The molecule has 5 rings (SSSR count). The second kappa shape index (κ2) is 19.0. The second-order valence-electron chi connectivity index (χ2n) is 13.3. The van der Waals surface area contributed by atoms with E-state index < -0.39 is 42.0 Å². The van der Waals surface area contributed by atoms with Crippen molar-refractivity contribution in [2.75, 3.05) is 0 Å². The molecule has 0 unspecified atom stereocenters. The number of carbonyl (C=O) groups excluding carboxylic acids is 4. The highest BCUT2D eigenvalue weighted by atomic mass is 16.5. The normalized spacial score (nSPS) is 12.8. The fourth-order valence-electron chi connectivity index (χ4n) is 5.85. The zero-order chi connectivity index (χ0) is 37.6. The number of fused-ring (bicyclic) bond motifs is 1. The predicted molar refractivity (Wildman–Crippen MR) is 201 cm³/mol. The van der Waals surface area contributed by atoms with Crippen LogP contribution in [0.1, 0.15) is 49.1 Å². The number of aromatic nitrogens is 2. The van der Waals surface area contributed by atoms with Crippen molar-refractivity contribution in [3.05, 3.63) is 138 Å². The first-order valence-corrected chi connectivity index (χ1v) is 17.7. The fraction of sp³-hybridized carbons (Fsp3) is 0.293. The zero-order valence-electron chi connectivity index (χ0n) is 29.9. The first kappa shape index (κ1) is 38.2. The van der Waals surface area contributed by atoms with Crippen LogP contribution >= 0.6 is 0 Å². The van der Waals surface area contributed by atoms with Crippen molar-refractivity contribution in [1.29, 1.82) is 0 Å². The third-order valence-corrected chi connectivity index (χ3v) is 8.73. The van der Waals surface area contributed by atoms with Gasteiger partial charge in [-0.05, 0) is 46.2 Å². The number of imidazole rings is 1. The van der Waals surface area contributed by atoms with E-state index in [0.717, 1.165) is 26.9 Å². The lowest BCUT2D eigenvalue weighted by Crippen LogP contribution is -2.59. The van der Waals surface area contributed by atoms with Crippen LogP contribution in [0.5, 0.6) is 0 Å². The number of amides is 4. The summed E-state index contributed by atoms with van der Waals surface area (Å²) in [5, 5.41) is 19.2. The minimum atomic E-state index is -1.35. The third-order valence-electron chi connectivity index (χ3n) is 8.73. The van der Waals surface area contributed by atoms with Gasteiger partial charge in [-0.15, -0.1) is 0 Å². The number of aliphatic hydroxyl groups excluding tert-OH is 1. The molecule has 0 aliphatic heterocycles. The smallest absolute Gasteiger partial charge is 0.408 e. The molecule has 5 aromatic rings. The Hall–Kier alpha value is -6.01. The number of benzene rings is 4. The van der Waals surface area contributed by atoms with Crippen molar-refractivity contribution in [3.8, 4) is 0 Å². The van der Waals surface area contributed by atoms with Gasteiger partial charge in [-0.25, -0.2) is 14.8 Å². The van der Waals surface area contributed by atoms with E-state index in [1.165, 1.54) is 12.5 Å². The maximum atomic E-state index is 14.4. The van der Waals surface area contributed by atoms with Gasteiger partial charge < -0.3 is 25.5 Å². The van der Waals surface area contributed by atoms with Gasteiger partial charge in [-0.1, -0.05) is 117 Å². The summed E-state index contributed by atoms with van der Waals surface area (Å²) in [6, 6.07) is 29.3. The van der Waals surface area contributed by atoms with Crippen molar-refractivity contribution in [2.45, 2.75) is 70.9 Å². The van der Waals surface area contributed by atoms with Crippen molar-refractivity contribution >= 4 is 34.6 Å². The molecule has 12 heteroatoms. The van der Waals surface area contributed by atoms with Crippen LogP contribution in [-0.2, 0) is 45.1 Å². The third kappa shape index (κ3) is 11.5. The molecule has 0 spiro atoms. The molecular weight excluding hydrogens is 672 g/mol. The average molecular weight is 719 g/mol. The second-order valence-corrected chi connectivity index (χ2v) is 13.3. The van der Waals surface area contributed by atoms with Crippen molar-refractivity contribution in [1.82, 2.24) is 31.0 Å². The molecule has 4 amide bonds. The minimum Gasteiger partial charge on any atom is -0.445 e. The Morgan fingerprint density at radius 2 is 1.45 bits per heavy atom. The molecule has 276 valence electrons. The van der Waals surface area contributed by atoms with E-state index in [-0.39, 0.29) is 38.3 Å². The SMILES string of the molecule is CC(C)CC[C@H](O)C(=O)NN(Cc1ccccc1)C(=O)[C@H](Cc1cnc[nH]1)NC(=O)[C@@H](Cc1cccc2ccccc12)NC(=O)OCc1ccccc1. The molecule has 1 heterocycles. The van der Waals surface area contributed by atoms with Gasteiger partial charge in [0.1, 0.15) is 24.8 Å². The minimum absolute atomic E-state index is 0.00657. The molecule has 4 aromatic carbocycles. The van der Waals surface area contributed by atoms with E-state index in [4.69, 9.17) is 4.74 Å². The van der Waals surface area contributed by atoms with Crippen LogP contribution in [0.4, 0.5) is 4.79 Å². The Kier molecular flexibility index (Phi) is 13.7. The van der Waals surface area contributed by atoms with Gasteiger partial charge in [0.2, 0.25) is 5.91 Å². The summed E-state index contributed by atoms with van der Waals surface area (Å²) in [6.45, 7) is 3.93. The van der Waals surface area contributed by atoms with Crippen molar-refractivity contribution in [3.63, 3.8) is 0 Å². The first-order valence-electron chi connectivity index (χ1n) is 17.7. The standard InChI is InChI=1S/C41H46N6O6/c1-28(2)20-21-37(48)39(50)46-47(25-29-12-5-3-6-13-29)40(51)36(23-33-24-42-27-43-33)44-38(49)35(45-41(52)53-26-30-14-7-4-8-15-30)22-32-18-11-17-31-16-9-10-19-34(31)32/h3-19,24,27-28,35-37,48H,20-23,25-26H2,1-2H3,(H,42,43)(H,44,49)(H,45,52)(H,46,50)/t35-,36+,37+/m1/s1. The quantitative estimate of drug-likeness (QED) is 0.0898. The number of alkyl carbamates (subject to hydrolysis) is 1. The van der Waals surface area contributed by atoms with Crippen LogP contribution in [0.2, 0.25) is 0 Å². The molecule has 0 saturated carbocycles. The number of aliphatic hydroxyl groups is 1. The van der Waals surface area contributed by atoms with Crippen LogP contribution in [0.25, 0.3) is 10.8 Å². The monoisotopic (exact) mass is 718 g/mol. The van der Waals surface area contributed by atoms with Crippen molar-refractivity contribution in [2.24, 2.45) is 5.92 Å². The summed E-state index contributed by atoms with van der Waals surface area (Å²) in [7, 11) is 0. The molecule has 53 heavy (non-hydrogen) atoms. The lowest BCUT2D eigenvalue weighted by Gasteiger charge is -2.30. The molecule has 5 N–H and O–H groups in total. The zero-order valence-corrected chi connectivity index (χ0v) is 29.9. The van der Waals surface area contributed by atoms with Crippen LogP contribution in [0, 0.1) is 5.92 Å². The lowest BCUT2D eigenvalue weighted by molar-refractivity contribution is -0.148. The van der Waals surface area contributed by atoms with E-state index in [0.29, 0.717) is 17.7 Å². The van der Waals surface area contributed by atoms with Gasteiger partial charge in [-0.2, -0.15) is 0 Å². The summed E-state index contributed by atoms with van der Waals surface area (Å²) in [4.78, 5) is 62.2. The Morgan fingerprint density at radius 1 is 0.774 bits per heavy atom. The van der Waals surface area contributed by atoms with Gasteiger partial charge in [0.05, 0.1) is 12.9 Å². The summed E-state index contributed by atoms with van der Waals surface area (Å²) in [6.07, 6.45) is 1.74. The highest BCUT2D eigenvalue weighted by Gasteiger charge is 2.32. The summed E-state index contributed by atoms with van der Waals surface area (Å²) in [5.41, 5.74) is 5.44. The molecule has 0 bridgehead atoms. The molecule has 0 fully saturated rings. The largest absolute Gasteiger partial charge is 0.445 e. The Labute approximate surface area is 308 Å². The molecule has 12 nitrogen and oxygen atoms in total. The van der Waals surface area contributed by atoms with Gasteiger partial charge in [0, 0.05) is 24.7 Å². The predicted octanol–water partition coefficient (Wildman–Crippen LogP) is 4.99. The topological polar surface area (TPSA) is 166 Å². The summed E-state index contributed by atoms with van der Waals surface area (Å²) < 4.78 is 5.49. The van der Waals surface area contributed by atoms with E-state index in [2.05, 4.69) is 26.0 Å².